The number of aryl methyl sites for hydroxylation is 1. The molecule has 3 rings (SSSR count). The van der Waals surface area contributed by atoms with E-state index in [1.807, 2.05) is 24.3 Å². The molecule has 4 N–H and O–H groups in total. The highest BCUT2D eigenvalue weighted by atomic mass is 32.2. The molecule has 0 bridgehead atoms. The summed E-state index contributed by atoms with van der Waals surface area (Å²) in [6.07, 6.45) is 5.51. The van der Waals surface area contributed by atoms with Crippen molar-refractivity contribution in [2.75, 3.05) is 0 Å². The molecule has 0 radical (unpaired) electrons. The van der Waals surface area contributed by atoms with Crippen LogP contribution in [0.5, 0.6) is 0 Å². The Hall–Kier alpha value is -2.42. The number of benzene rings is 2. The summed E-state index contributed by atoms with van der Waals surface area (Å²) in [6, 6.07) is 13.6. The first-order valence-electron chi connectivity index (χ1n) is 10.7. The third-order valence-corrected chi connectivity index (χ3v) is 6.89. The van der Waals surface area contributed by atoms with E-state index < -0.39 is 22.3 Å². The quantitative estimate of drug-likeness (QED) is 0.464. The van der Waals surface area contributed by atoms with Gasteiger partial charge >= 0.3 is 6.03 Å². The second kappa shape index (κ2) is 10.7. The van der Waals surface area contributed by atoms with Crippen LogP contribution >= 0.6 is 0 Å². The highest BCUT2D eigenvalue weighted by molar-refractivity contribution is 7.90. The normalized spacial score (nSPS) is 15.1. The maximum absolute atomic E-state index is 12.5. The third-order valence-electron chi connectivity index (χ3n) is 5.55. The number of aliphatic hydroxyl groups is 2. The zero-order valence-corrected chi connectivity index (χ0v) is 18.3. The Morgan fingerprint density at radius 2 is 1.52 bits per heavy atom. The Morgan fingerprint density at radius 3 is 2.10 bits per heavy atom. The fourth-order valence-electron chi connectivity index (χ4n) is 3.82. The highest BCUT2D eigenvalue weighted by Crippen LogP contribution is 2.23. The number of hydrogen-bond donors (Lipinski definition) is 4. The molecule has 0 spiro atoms. The fourth-order valence-corrected chi connectivity index (χ4v) is 4.74. The zero-order chi connectivity index (χ0) is 22.3. The lowest BCUT2D eigenvalue weighted by Gasteiger charge is -2.22. The van der Waals surface area contributed by atoms with Gasteiger partial charge in [-0.05, 0) is 60.9 Å². The number of rotatable bonds is 8. The molecule has 0 heterocycles. The molecule has 0 aliphatic heterocycles. The van der Waals surface area contributed by atoms with Gasteiger partial charge in [-0.3, -0.25) is 0 Å². The maximum Gasteiger partial charge on any atom is 0.328 e. The van der Waals surface area contributed by atoms with Crippen LogP contribution in [0.1, 0.15) is 50.5 Å². The second-order valence-electron chi connectivity index (χ2n) is 8.01. The maximum atomic E-state index is 12.5. The minimum absolute atomic E-state index is 0.0306. The Morgan fingerprint density at radius 1 is 0.935 bits per heavy atom. The monoisotopic (exact) mass is 446 g/mol. The lowest BCUT2D eigenvalue weighted by molar-refractivity contribution is -0.0461. The van der Waals surface area contributed by atoms with Crippen LogP contribution in [-0.4, -0.2) is 37.0 Å². The number of carbonyl (C=O) groups excluding carboxylic acids is 1. The van der Waals surface area contributed by atoms with Gasteiger partial charge in [0.15, 0.2) is 6.29 Å². The van der Waals surface area contributed by atoms with Gasteiger partial charge in [0.05, 0.1) is 4.90 Å². The Labute approximate surface area is 183 Å². The molecule has 168 valence electrons. The van der Waals surface area contributed by atoms with Gasteiger partial charge in [0, 0.05) is 6.04 Å². The molecular weight excluding hydrogens is 416 g/mol. The second-order valence-corrected chi connectivity index (χ2v) is 9.69. The van der Waals surface area contributed by atoms with Crippen molar-refractivity contribution in [2.45, 2.75) is 68.6 Å². The largest absolute Gasteiger partial charge is 0.368 e. The van der Waals surface area contributed by atoms with Crippen LogP contribution < -0.4 is 10.0 Å². The number of aliphatic hydroxyl groups excluding tert-OH is 1. The summed E-state index contributed by atoms with van der Waals surface area (Å²) < 4.78 is 27.1. The molecule has 1 aliphatic rings. The predicted molar refractivity (Wildman–Crippen MR) is 119 cm³/mol. The van der Waals surface area contributed by atoms with Crippen molar-refractivity contribution >= 4 is 16.1 Å². The summed E-state index contributed by atoms with van der Waals surface area (Å²) in [6.45, 7) is 0. The van der Waals surface area contributed by atoms with Crippen molar-refractivity contribution in [2.24, 2.45) is 0 Å². The number of hydrogen-bond acceptors (Lipinski definition) is 5. The van der Waals surface area contributed by atoms with Gasteiger partial charge in [0.1, 0.15) is 0 Å². The average Bonchev–Trinajstić information content (AvgIpc) is 2.74. The molecule has 0 unspecified atom stereocenters. The molecule has 1 fully saturated rings. The number of nitrogens with one attached hydrogen (secondary N) is 2. The first-order valence-corrected chi connectivity index (χ1v) is 12.2. The Bertz CT molecular complexity index is 950. The fraction of sp³-hybridized carbons (Fsp3) is 0.435. The standard InChI is InChI=1S/C23H30N2O5S/c26-22(27)8-4-5-17-9-11-18(12-10-17)19-13-15-21(16-14-19)31(29,30)25-23(28)24-20-6-2-1-3-7-20/h9-16,20,22,26-27H,1-8H2,(H2,24,25,28). The SMILES string of the molecule is O=C(NC1CCCCC1)NS(=O)(=O)c1ccc(-c2ccc(CCCC(O)O)cc2)cc1. The van der Waals surface area contributed by atoms with Crippen molar-refractivity contribution in [3.8, 4) is 11.1 Å². The Balaban J connectivity index is 1.58. The summed E-state index contributed by atoms with van der Waals surface area (Å²) in [4.78, 5) is 12.1. The van der Waals surface area contributed by atoms with Crippen LogP contribution in [0.15, 0.2) is 53.4 Å². The molecule has 7 nitrogen and oxygen atoms in total. The molecular formula is C23H30N2O5S. The third kappa shape index (κ3) is 7.05. The summed E-state index contributed by atoms with van der Waals surface area (Å²) in [5, 5.41) is 20.6. The van der Waals surface area contributed by atoms with Crippen molar-refractivity contribution in [1.82, 2.24) is 10.0 Å². The Kier molecular flexibility index (Phi) is 8.06. The number of sulfonamides is 1. The zero-order valence-electron chi connectivity index (χ0n) is 17.5. The molecule has 2 aromatic carbocycles. The van der Waals surface area contributed by atoms with E-state index in [9.17, 15) is 13.2 Å². The van der Waals surface area contributed by atoms with E-state index in [1.165, 1.54) is 12.1 Å². The van der Waals surface area contributed by atoms with Crippen LogP contribution in [0.4, 0.5) is 4.79 Å². The number of amides is 2. The van der Waals surface area contributed by atoms with Crippen molar-refractivity contribution in [3.63, 3.8) is 0 Å². The lowest BCUT2D eigenvalue weighted by atomic mass is 9.96. The van der Waals surface area contributed by atoms with E-state index in [2.05, 4.69) is 10.0 Å². The van der Waals surface area contributed by atoms with E-state index in [-0.39, 0.29) is 10.9 Å². The van der Waals surface area contributed by atoms with Crippen molar-refractivity contribution < 1.29 is 23.4 Å². The van der Waals surface area contributed by atoms with Crippen LogP contribution in [0.2, 0.25) is 0 Å². The molecule has 1 aliphatic carbocycles. The van der Waals surface area contributed by atoms with E-state index in [0.29, 0.717) is 12.8 Å². The highest BCUT2D eigenvalue weighted by Gasteiger charge is 2.21. The van der Waals surface area contributed by atoms with Gasteiger partial charge in [-0.2, -0.15) is 0 Å². The molecule has 2 aromatic rings. The number of urea groups is 1. The van der Waals surface area contributed by atoms with E-state index in [1.54, 1.807) is 12.1 Å². The van der Waals surface area contributed by atoms with Crippen molar-refractivity contribution in [3.05, 3.63) is 54.1 Å². The minimum atomic E-state index is -3.94. The lowest BCUT2D eigenvalue weighted by Crippen LogP contribution is -2.45. The molecule has 1 saturated carbocycles. The molecule has 0 saturated heterocycles. The van der Waals surface area contributed by atoms with Gasteiger partial charge in [-0.25, -0.2) is 17.9 Å². The van der Waals surface area contributed by atoms with Gasteiger partial charge in [0.2, 0.25) is 0 Å². The first kappa shape index (κ1) is 23.2. The van der Waals surface area contributed by atoms with Crippen LogP contribution in [0.25, 0.3) is 11.1 Å². The van der Waals surface area contributed by atoms with Gasteiger partial charge < -0.3 is 15.5 Å². The van der Waals surface area contributed by atoms with Crippen LogP contribution in [-0.2, 0) is 16.4 Å². The molecule has 8 heteroatoms. The van der Waals surface area contributed by atoms with E-state index in [0.717, 1.165) is 55.2 Å². The molecule has 31 heavy (non-hydrogen) atoms. The van der Waals surface area contributed by atoms with Crippen molar-refractivity contribution in [1.29, 1.82) is 0 Å². The van der Waals surface area contributed by atoms with E-state index >= 15 is 0 Å². The van der Waals surface area contributed by atoms with Gasteiger partial charge in [-0.15, -0.1) is 0 Å². The summed E-state index contributed by atoms with van der Waals surface area (Å²) in [5.74, 6) is 0. The molecule has 0 aromatic heterocycles. The minimum Gasteiger partial charge on any atom is -0.368 e. The first-order chi connectivity index (χ1) is 14.8. The topological polar surface area (TPSA) is 116 Å². The predicted octanol–water partition coefficient (Wildman–Crippen LogP) is 3.31. The molecule has 2 amide bonds. The van der Waals surface area contributed by atoms with Crippen LogP contribution in [0, 0.1) is 0 Å². The summed E-state index contributed by atoms with van der Waals surface area (Å²) in [5.41, 5.74) is 2.90. The average molecular weight is 447 g/mol. The summed E-state index contributed by atoms with van der Waals surface area (Å²) >= 11 is 0. The van der Waals surface area contributed by atoms with Gasteiger partial charge in [0.25, 0.3) is 10.0 Å². The number of carbonyl (C=O) groups is 1. The van der Waals surface area contributed by atoms with Crippen LogP contribution in [0.3, 0.4) is 0 Å². The van der Waals surface area contributed by atoms with E-state index in [4.69, 9.17) is 10.2 Å². The molecule has 0 atom stereocenters. The van der Waals surface area contributed by atoms with Gasteiger partial charge in [-0.1, -0.05) is 55.7 Å². The summed E-state index contributed by atoms with van der Waals surface area (Å²) in [7, 11) is -3.94. The smallest absolute Gasteiger partial charge is 0.328 e.